The molecule has 1 heterocycles. The van der Waals surface area contributed by atoms with Crippen LogP contribution in [0.5, 0.6) is 0 Å². The zero-order chi connectivity index (χ0) is 13.0. The summed E-state index contributed by atoms with van der Waals surface area (Å²) in [5.74, 6) is 0.988. The van der Waals surface area contributed by atoms with Crippen LogP contribution in [0, 0.1) is 5.92 Å². The van der Waals surface area contributed by atoms with Crippen LogP contribution in [0.15, 0.2) is 0 Å². The Kier molecular flexibility index (Phi) is 5.01. The molecule has 104 valence electrons. The number of nitrogens with zero attached hydrogens (tertiary/aromatic N) is 1. The molecule has 4 nitrogen and oxygen atoms in total. The molecule has 4 heteroatoms. The quantitative estimate of drug-likeness (QED) is 0.828. The number of nitrogens with two attached hydrogens (primary N) is 1. The Labute approximate surface area is 110 Å². The Bertz CT molecular complexity index is 269. The average molecular weight is 254 g/mol. The van der Waals surface area contributed by atoms with Gasteiger partial charge in [-0.05, 0) is 44.4 Å². The molecule has 1 atom stereocenters. The van der Waals surface area contributed by atoms with Crippen molar-refractivity contribution in [1.29, 1.82) is 0 Å². The van der Waals surface area contributed by atoms with E-state index in [9.17, 15) is 4.79 Å². The number of amides is 1. The number of carbonyl (C=O) groups excluding carboxylic acids is 1. The van der Waals surface area contributed by atoms with E-state index in [4.69, 9.17) is 10.5 Å². The second-order valence-corrected chi connectivity index (χ2v) is 5.84. The van der Waals surface area contributed by atoms with Crippen molar-refractivity contribution in [3.8, 4) is 0 Å². The third kappa shape index (κ3) is 3.69. The first kappa shape index (κ1) is 13.8. The topological polar surface area (TPSA) is 55.6 Å². The van der Waals surface area contributed by atoms with E-state index < -0.39 is 0 Å². The first-order valence-electron chi connectivity index (χ1n) is 7.26. The van der Waals surface area contributed by atoms with Gasteiger partial charge in [-0.1, -0.05) is 0 Å². The van der Waals surface area contributed by atoms with Crippen LogP contribution >= 0.6 is 0 Å². The van der Waals surface area contributed by atoms with E-state index in [0.717, 1.165) is 32.3 Å². The molecule has 0 radical (unpaired) electrons. The van der Waals surface area contributed by atoms with Crippen LogP contribution in [0.4, 0.5) is 0 Å². The van der Waals surface area contributed by atoms with Crippen LogP contribution in [0.2, 0.25) is 0 Å². The summed E-state index contributed by atoms with van der Waals surface area (Å²) < 4.78 is 5.33. The molecule has 1 unspecified atom stereocenters. The molecule has 0 aromatic heterocycles. The summed E-state index contributed by atoms with van der Waals surface area (Å²) in [6.07, 6.45) is 7.36. The molecule has 1 aliphatic heterocycles. The molecule has 2 rings (SSSR count). The van der Waals surface area contributed by atoms with Gasteiger partial charge in [-0.2, -0.15) is 0 Å². The van der Waals surface area contributed by atoms with Crippen molar-refractivity contribution in [3.63, 3.8) is 0 Å². The lowest BCUT2D eigenvalue weighted by molar-refractivity contribution is -0.132. The van der Waals surface area contributed by atoms with Gasteiger partial charge in [0.2, 0.25) is 5.91 Å². The van der Waals surface area contributed by atoms with Crippen molar-refractivity contribution in [2.45, 2.75) is 57.0 Å². The van der Waals surface area contributed by atoms with E-state index in [0.29, 0.717) is 31.0 Å². The largest absolute Gasteiger partial charge is 0.379 e. The molecule has 18 heavy (non-hydrogen) atoms. The predicted molar refractivity (Wildman–Crippen MR) is 71.2 cm³/mol. The lowest BCUT2D eigenvalue weighted by Crippen LogP contribution is -2.37. The lowest BCUT2D eigenvalue weighted by Gasteiger charge is -2.27. The van der Waals surface area contributed by atoms with E-state index in [-0.39, 0.29) is 5.91 Å². The molecule has 1 aliphatic carbocycles. The lowest BCUT2D eigenvalue weighted by atomic mass is 9.83. The van der Waals surface area contributed by atoms with Crippen LogP contribution < -0.4 is 5.73 Å². The molecule has 0 bridgehead atoms. The van der Waals surface area contributed by atoms with Gasteiger partial charge in [0.25, 0.3) is 0 Å². The maximum absolute atomic E-state index is 12.1. The minimum Gasteiger partial charge on any atom is -0.379 e. The van der Waals surface area contributed by atoms with Gasteiger partial charge in [-0.15, -0.1) is 0 Å². The van der Waals surface area contributed by atoms with Gasteiger partial charge < -0.3 is 15.4 Å². The van der Waals surface area contributed by atoms with Crippen LogP contribution in [0.1, 0.15) is 44.9 Å². The van der Waals surface area contributed by atoms with Crippen molar-refractivity contribution in [1.82, 2.24) is 4.90 Å². The fourth-order valence-electron chi connectivity index (χ4n) is 3.01. The highest BCUT2D eigenvalue weighted by Crippen LogP contribution is 2.27. The average Bonchev–Trinajstić information content (AvgIpc) is 2.90. The highest BCUT2D eigenvalue weighted by molar-refractivity contribution is 5.76. The highest BCUT2D eigenvalue weighted by atomic mass is 16.5. The third-order valence-corrected chi connectivity index (χ3v) is 4.50. The zero-order valence-electron chi connectivity index (χ0n) is 11.4. The first-order valence-corrected chi connectivity index (χ1v) is 7.26. The van der Waals surface area contributed by atoms with Gasteiger partial charge in [0.15, 0.2) is 0 Å². The summed E-state index contributed by atoms with van der Waals surface area (Å²) in [5.41, 5.74) is 5.89. The molecule has 1 amide bonds. The van der Waals surface area contributed by atoms with Gasteiger partial charge in [-0.3, -0.25) is 4.79 Å². The fraction of sp³-hybridized carbons (Fsp3) is 0.929. The standard InChI is InChI=1S/C14H26N2O2/c1-16(13-8-9-18-10-13)14(17)7-4-11-2-5-12(15)6-3-11/h11-13H,2-10,15H2,1H3. The smallest absolute Gasteiger partial charge is 0.222 e. The number of likely N-dealkylation sites (N-methyl/N-ethyl adjacent to an activating group) is 1. The van der Waals surface area contributed by atoms with E-state index in [2.05, 4.69) is 0 Å². The predicted octanol–water partition coefficient (Wildman–Crippen LogP) is 1.53. The third-order valence-electron chi connectivity index (χ3n) is 4.50. The van der Waals surface area contributed by atoms with Crippen LogP contribution in [-0.4, -0.2) is 43.2 Å². The minimum atomic E-state index is 0.278. The van der Waals surface area contributed by atoms with E-state index in [1.54, 1.807) is 0 Å². The molecule has 1 saturated heterocycles. The number of rotatable bonds is 4. The van der Waals surface area contributed by atoms with Crippen molar-refractivity contribution in [3.05, 3.63) is 0 Å². The van der Waals surface area contributed by atoms with Gasteiger partial charge in [-0.25, -0.2) is 0 Å². The maximum atomic E-state index is 12.1. The molecule has 0 spiro atoms. The molecule has 1 saturated carbocycles. The molecule has 2 fully saturated rings. The van der Waals surface area contributed by atoms with Crippen LogP contribution in [0.3, 0.4) is 0 Å². The first-order chi connectivity index (χ1) is 8.66. The Morgan fingerprint density at radius 1 is 1.28 bits per heavy atom. The summed E-state index contributed by atoms with van der Waals surface area (Å²) >= 11 is 0. The van der Waals surface area contributed by atoms with Crippen LogP contribution in [0.25, 0.3) is 0 Å². The second-order valence-electron chi connectivity index (χ2n) is 5.84. The molecular weight excluding hydrogens is 228 g/mol. The normalized spacial score (nSPS) is 32.4. The monoisotopic (exact) mass is 254 g/mol. The number of hydrogen-bond donors (Lipinski definition) is 1. The Balaban J connectivity index is 1.67. The molecule has 2 aliphatic rings. The Morgan fingerprint density at radius 3 is 2.61 bits per heavy atom. The molecular formula is C14H26N2O2. The van der Waals surface area contributed by atoms with E-state index >= 15 is 0 Å². The fourth-order valence-corrected chi connectivity index (χ4v) is 3.01. The van der Waals surface area contributed by atoms with Gasteiger partial charge in [0, 0.05) is 26.1 Å². The minimum absolute atomic E-state index is 0.278. The van der Waals surface area contributed by atoms with Crippen molar-refractivity contribution in [2.24, 2.45) is 11.7 Å². The summed E-state index contributed by atoms with van der Waals surface area (Å²) in [5, 5.41) is 0. The number of hydrogen-bond acceptors (Lipinski definition) is 3. The molecule has 0 aromatic carbocycles. The SMILES string of the molecule is CN(C(=O)CCC1CCC(N)CC1)C1CCOC1. The van der Waals surface area contributed by atoms with Crippen molar-refractivity contribution >= 4 is 5.91 Å². The van der Waals surface area contributed by atoms with E-state index in [1.165, 1.54) is 12.8 Å². The summed E-state index contributed by atoms with van der Waals surface area (Å²) in [7, 11) is 1.92. The summed E-state index contributed by atoms with van der Waals surface area (Å²) in [6, 6.07) is 0.701. The zero-order valence-corrected chi connectivity index (χ0v) is 11.4. The van der Waals surface area contributed by atoms with E-state index in [1.807, 2.05) is 11.9 Å². The molecule has 2 N–H and O–H groups in total. The second kappa shape index (κ2) is 6.53. The number of ether oxygens (including phenoxy) is 1. The summed E-state index contributed by atoms with van der Waals surface area (Å²) in [4.78, 5) is 14.0. The molecule has 0 aromatic rings. The van der Waals surface area contributed by atoms with Gasteiger partial charge in [0.05, 0.1) is 12.6 Å². The summed E-state index contributed by atoms with van der Waals surface area (Å²) in [6.45, 7) is 1.50. The van der Waals surface area contributed by atoms with Gasteiger partial charge in [0.1, 0.15) is 0 Å². The van der Waals surface area contributed by atoms with Crippen LogP contribution in [-0.2, 0) is 9.53 Å². The Hall–Kier alpha value is -0.610. The Morgan fingerprint density at radius 2 is 2.00 bits per heavy atom. The highest BCUT2D eigenvalue weighted by Gasteiger charge is 2.25. The maximum Gasteiger partial charge on any atom is 0.222 e. The van der Waals surface area contributed by atoms with Crippen molar-refractivity contribution in [2.75, 3.05) is 20.3 Å². The van der Waals surface area contributed by atoms with Gasteiger partial charge >= 0.3 is 0 Å². The number of carbonyl (C=O) groups is 1. The van der Waals surface area contributed by atoms with Crippen molar-refractivity contribution < 1.29 is 9.53 Å².